The van der Waals surface area contributed by atoms with Gasteiger partial charge < -0.3 is 16.8 Å². The predicted octanol–water partition coefficient (Wildman–Crippen LogP) is -0.245. The van der Waals surface area contributed by atoms with Crippen molar-refractivity contribution in [3.05, 3.63) is 59.4 Å². The van der Waals surface area contributed by atoms with Gasteiger partial charge in [-0.05, 0) is 23.9 Å². The van der Waals surface area contributed by atoms with Gasteiger partial charge in [0.15, 0.2) is 0 Å². The van der Waals surface area contributed by atoms with E-state index in [1.807, 2.05) is 0 Å². The van der Waals surface area contributed by atoms with Crippen molar-refractivity contribution in [3.63, 3.8) is 0 Å². The first-order chi connectivity index (χ1) is 7.13. The van der Waals surface area contributed by atoms with Crippen LogP contribution in [0, 0.1) is 0 Å². The standard InChI is InChI=1S/C11H13ClN3.Na/c1-2-15-11(14)7-10(13)8-3-5-9(12)6-4-8;/h2-7,11,13,15H,1,14H2;/q-1;+1/b10-7-;. The van der Waals surface area contributed by atoms with Crippen LogP contribution in [-0.4, -0.2) is 6.17 Å². The van der Waals surface area contributed by atoms with Crippen molar-refractivity contribution in [2.24, 2.45) is 5.73 Å². The van der Waals surface area contributed by atoms with Crippen LogP contribution in [0.1, 0.15) is 5.56 Å². The molecule has 0 saturated heterocycles. The van der Waals surface area contributed by atoms with Crippen molar-refractivity contribution in [1.29, 1.82) is 0 Å². The van der Waals surface area contributed by atoms with Crippen molar-refractivity contribution in [3.8, 4) is 0 Å². The van der Waals surface area contributed by atoms with E-state index in [1.165, 1.54) is 6.20 Å². The molecule has 1 aromatic rings. The fourth-order valence-corrected chi connectivity index (χ4v) is 1.22. The van der Waals surface area contributed by atoms with Crippen LogP contribution >= 0.6 is 11.6 Å². The topological polar surface area (TPSA) is 61.8 Å². The fourth-order valence-electron chi connectivity index (χ4n) is 1.09. The third-order valence-corrected chi connectivity index (χ3v) is 2.06. The Kier molecular flexibility index (Phi) is 7.55. The summed E-state index contributed by atoms with van der Waals surface area (Å²) in [6.45, 7) is 3.49. The summed E-state index contributed by atoms with van der Waals surface area (Å²) in [6.07, 6.45) is 2.70. The van der Waals surface area contributed by atoms with Gasteiger partial charge in [-0.25, -0.2) is 0 Å². The zero-order valence-electron chi connectivity index (χ0n) is 9.20. The van der Waals surface area contributed by atoms with Crippen molar-refractivity contribution < 1.29 is 29.6 Å². The molecule has 4 N–H and O–H groups in total. The molecule has 5 heteroatoms. The number of hydrogen-bond donors (Lipinski definition) is 2. The Morgan fingerprint density at radius 3 is 2.50 bits per heavy atom. The van der Waals surface area contributed by atoms with Crippen molar-refractivity contribution in [1.82, 2.24) is 5.32 Å². The summed E-state index contributed by atoms with van der Waals surface area (Å²) in [7, 11) is 0. The minimum Gasteiger partial charge on any atom is -0.698 e. The predicted molar refractivity (Wildman–Crippen MR) is 65.1 cm³/mol. The van der Waals surface area contributed by atoms with E-state index in [4.69, 9.17) is 23.1 Å². The van der Waals surface area contributed by atoms with Crippen molar-refractivity contribution >= 4 is 17.3 Å². The van der Waals surface area contributed by atoms with Crippen molar-refractivity contribution in [2.45, 2.75) is 6.17 Å². The fraction of sp³-hybridized carbons (Fsp3) is 0.0909. The summed E-state index contributed by atoms with van der Waals surface area (Å²) in [5, 5.41) is 3.43. The van der Waals surface area contributed by atoms with E-state index >= 15 is 0 Å². The molecule has 16 heavy (non-hydrogen) atoms. The van der Waals surface area contributed by atoms with E-state index < -0.39 is 6.17 Å². The van der Waals surface area contributed by atoms with E-state index in [1.54, 1.807) is 30.3 Å². The van der Waals surface area contributed by atoms with Crippen molar-refractivity contribution in [2.75, 3.05) is 0 Å². The molecular weight excluding hydrogens is 233 g/mol. The van der Waals surface area contributed by atoms with Gasteiger partial charge in [-0.3, -0.25) is 0 Å². The molecule has 1 atom stereocenters. The number of hydrogen-bond acceptors (Lipinski definition) is 2. The maximum atomic E-state index is 7.76. The molecule has 0 amide bonds. The van der Waals surface area contributed by atoms with E-state index in [-0.39, 0.29) is 29.6 Å². The first-order valence-corrected chi connectivity index (χ1v) is 4.83. The molecule has 3 nitrogen and oxygen atoms in total. The maximum Gasteiger partial charge on any atom is 1.00 e. The molecule has 0 radical (unpaired) electrons. The van der Waals surface area contributed by atoms with Gasteiger partial charge in [-0.15, -0.1) is 5.70 Å². The maximum absolute atomic E-state index is 7.76. The summed E-state index contributed by atoms with van der Waals surface area (Å²) in [5.74, 6) is 0. The first-order valence-electron chi connectivity index (χ1n) is 4.45. The number of nitrogens with two attached hydrogens (primary N) is 1. The Labute approximate surface area is 123 Å². The normalized spacial score (nSPS) is 12.5. The van der Waals surface area contributed by atoms with E-state index in [2.05, 4.69) is 11.9 Å². The molecule has 0 spiro atoms. The van der Waals surface area contributed by atoms with Crippen LogP contribution in [0.2, 0.25) is 5.02 Å². The molecule has 0 saturated carbocycles. The molecule has 0 heterocycles. The summed E-state index contributed by atoms with van der Waals surface area (Å²) >= 11 is 5.74. The Balaban J connectivity index is 0.00000225. The molecule has 0 aromatic heterocycles. The average Bonchev–Trinajstić information content (AvgIpc) is 2.18. The van der Waals surface area contributed by atoms with Gasteiger partial charge >= 0.3 is 29.6 Å². The van der Waals surface area contributed by atoms with E-state index in [9.17, 15) is 0 Å². The van der Waals surface area contributed by atoms with Crippen LogP contribution in [0.15, 0.2) is 43.1 Å². The van der Waals surface area contributed by atoms with Gasteiger partial charge in [-0.2, -0.15) is 0 Å². The zero-order valence-corrected chi connectivity index (χ0v) is 12.0. The quantitative estimate of drug-likeness (QED) is 0.568. The van der Waals surface area contributed by atoms with Gasteiger partial charge in [-0.1, -0.05) is 36.4 Å². The summed E-state index contributed by atoms with van der Waals surface area (Å²) in [6, 6.07) is 7.04. The Morgan fingerprint density at radius 2 is 2.00 bits per heavy atom. The van der Waals surface area contributed by atoms with Crippen LogP contribution in [0.25, 0.3) is 11.4 Å². The van der Waals surface area contributed by atoms with Gasteiger partial charge in [0, 0.05) is 5.02 Å². The van der Waals surface area contributed by atoms with Crippen LogP contribution in [0.5, 0.6) is 0 Å². The largest absolute Gasteiger partial charge is 1.00 e. The van der Waals surface area contributed by atoms with Gasteiger partial charge in [0.1, 0.15) is 0 Å². The van der Waals surface area contributed by atoms with Crippen LogP contribution in [0.3, 0.4) is 0 Å². The Bertz CT molecular complexity index is 362. The molecule has 80 valence electrons. The van der Waals surface area contributed by atoms with Crippen LogP contribution < -0.4 is 40.6 Å². The SMILES string of the molecule is C=CNC(N)/C=C(\[NH-])c1ccc(Cl)cc1.[Na+]. The molecule has 1 unspecified atom stereocenters. The molecule has 0 aliphatic carbocycles. The van der Waals surface area contributed by atoms with E-state index in [0.717, 1.165) is 5.56 Å². The number of nitrogens with one attached hydrogen (secondary N) is 2. The Hall–Kier alpha value is -0.450. The van der Waals surface area contributed by atoms with Crippen LogP contribution in [-0.2, 0) is 0 Å². The molecular formula is C11H13ClN3Na. The van der Waals surface area contributed by atoms with Crippen LogP contribution in [0.4, 0.5) is 0 Å². The van der Waals surface area contributed by atoms with Gasteiger partial charge in [0.05, 0.1) is 6.17 Å². The smallest absolute Gasteiger partial charge is 0.698 e. The Morgan fingerprint density at radius 1 is 1.44 bits per heavy atom. The van der Waals surface area contributed by atoms with E-state index in [0.29, 0.717) is 10.7 Å². The summed E-state index contributed by atoms with van der Waals surface area (Å²) in [4.78, 5) is 0. The second-order valence-electron chi connectivity index (χ2n) is 2.98. The molecule has 0 aliphatic rings. The molecule has 0 bridgehead atoms. The summed E-state index contributed by atoms with van der Waals surface area (Å²) < 4.78 is 0. The summed E-state index contributed by atoms with van der Waals surface area (Å²) in [5.41, 5.74) is 14.5. The minimum atomic E-state index is -0.398. The average molecular weight is 246 g/mol. The van der Waals surface area contributed by atoms with Gasteiger partial charge in [0.2, 0.25) is 0 Å². The second kappa shape index (κ2) is 7.76. The molecule has 1 aromatic carbocycles. The third kappa shape index (κ3) is 5.05. The molecule has 0 fully saturated rings. The second-order valence-corrected chi connectivity index (χ2v) is 3.42. The first kappa shape index (κ1) is 15.6. The zero-order chi connectivity index (χ0) is 11.3. The number of halogens is 1. The molecule has 0 aliphatic heterocycles. The number of benzene rings is 1. The third-order valence-electron chi connectivity index (χ3n) is 1.81. The molecule has 1 rings (SSSR count). The monoisotopic (exact) mass is 245 g/mol. The minimum absolute atomic E-state index is 0. The number of rotatable bonds is 4. The van der Waals surface area contributed by atoms with Gasteiger partial charge in [0.25, 0.3) is 0 Å².